The van der Waals surface area contributed by atoms with Gasteiger partial charge >= 0.3 is 5.97 Å². The molecule has 2 aromatic rings. The van der Waals surface area contributed by atoms with Gasteiger partial charge in [-0.1, -0.05) is 12.1 Å². The zero-order valence-electron chi connectivity index (χ0n) is 16.9. The molecule has 0 spiro atoms. The van der Waals surface area contributed by atoms with Crippen molar-refractivity contribution in [1.82, 2.24) is 0 Å². The number of amides is 1. The van der Waals surface area contributed by atoms with E-state index in [1.54, 1.807) is 18.2 Å². The number of anilines is 2. The fraction of sp³-hybridized carbons (Fsp3) is 0.364. The van der Waals surface area contributed by atoms with Crippen LogP contribution in [0.15, 0.2) is 48.5 Å². The molecule has 0 fully saturated rings. The van der Waals surface area contributed by atoms with Crippen LogP contribution in [0.4, 0.5) is 11.4 Å². The number of esters is 1. The number of fused-ring (bicyclic) bond motifs is 1. The lowest BCUT2D eigenvalue weighted by Gasteiger charge is -2.27. The van der Waals surface area contributed by atoms with E-state index >= 15 is 0 Å². The predicted molar refractivity (Wildman–Crippen MR) is 111 cm³/mol. The number of para-hydroxylation sites is 2. The highest BCUT2D eigenvalue weighted by molar-refractivity contribution is 5.93. The first-order chi connectivity index (χ1) is 14.0. The summed E-state index contributed by atoms with van der Waals surface area (Å²) in [5.41, 5.74) is 1.72. The van der Waals surface area contributed by atoms with Gasteiger partial charge in [-0.3, -0.25) is 4.79 Å². The Labute approximate surface area is 170 Å². The van der Waals surface area contributed by atoms with Crippen molar-refractivity contribution in [3.8, 4) is 11.5 Å². The fourth-order valence-electron chi connectivity index (χ4n) is 3.14. The van der Waals surface area contributed by atoms with Crippen molar-refractivity contribution in [2.24, 2.45) is 0 Å². The number of hydrogen-bond donors (Lipinski definition) is 1. The molecule has 7 heteroatoms. The summed E-state index contributed by atoms with van der Waals surface area (Å²) < 4.78 is 16.1. The zero-order chi connectivity index (χ0) is 20.8. The molecule has 7 nitrogen and oxygen atoms in total. The Kier molecular flexibility index (Phi) is 6.59. The van der Waals surface area contributed by atoms with E-state index in [4.69, 9.17) is 14.2 Å². The summed E-state index contributed by atoms with van der Waals surface area (Å²) in [4.78, 5) is 26.5. The smallest absolute Gasteiger partial charge is 0.351 e. The third-order valence-electron chi connectivity index (χ3n) is 4.56. The van der Waals surface area contributed by atoms with E-state index in [1.165, 1.54) is 0 Å². The van der Waals surface area contributed by atoms with Gasteiger partial charge in [0.25, 0.3) is 5.91 Å². The Hall–Kier alpha value is -3.22. The maximum atomic E-state index is 12.2. The molecule has 29 heavy (non-hydrogen) atoms. The Balaban J connectivity index is 1.48. The number of carbonyl (C=O) groups excluding carboxylic acids is 2. The molecule has 154 valence electrons. The van der Waals surface area contributed by atoms with Crippen LogP contribution < -0.4 is 19.7 Å². The molecular weight excluding hydrogens is 372 g/mol. The molecule has 2 aromatic carbocycles. The molecule has 1 atom stereocenters. The molecule has 1 aliphatic heterocycles. The number of rotatable bonds is 7. The second kappa shape index (κ2) is 9.32. The van der Waals surface area contributed by atoms with Crippen LogP contribution in [0.1, 0.15) is 20.8 Å². The highest BCUT2D eigenvalue weighted by Crippen LogP contribution is 2.31. The second-order valence-corrected chi connectivity index (χ2v) is 6.95. The quantitative estimate of drug-likeness (QED) is 0.722. The van der Waals surface area contributed by atoms with Crippen molar-refractivity contribution < 1.29 is 23.8 Å². The Bertz CT molecular complexity index is 851. The van der Waals surface area contributed by atoms with Gasteiger partial charge in [-0.15, -0.1) is 0 Å². The summed E-state index contributed by atoms with van der Waals surface area (Å²) >= 11 is 0. The van der Waals surface area contributed by atoms with Crippen LogP contribution in [0.25, 0.3) is 0 Å². The van der Waals surface area contributed by atoms with E-state index in [2.05, 4.69) is 31.0 Å². The molecule has 0 saturated heterocycles. The largest absolute Gasteiger partial charge is 0.485 e. The number of hydrogen-bond acceptors (Lipinski definition) is 6. The zero-order valence-corrected chi connectivity index (χ0v) is 16.9. The van der Waals surface area contributed by atoms with Crippen LogP contribution in [0.2, 0.25) is 0 Å². The Morgan fingerprint density at radius 3 is 2.48 bits per heavy atom. The van der Waals surface area contributed by atoms with Gasteiger partial charge in [-0.2, -0.15) is 0 Å². The lowest BCUT2D eigenvalue weighted by molar-refractivity contribution is -0.156. The van der Waals surface area contributed by atoms with Crippen LogP contribution in [0, 0.1) is 0 Å². The van der Waals surface area contributed by atoms with Crippen molar-refractivity contribution in [3.63, 3.8) is 0 Å². The van der Waals surface area contributed by atoms with Crippen LogP contribution in [-0.2, 0) is 14.3 Å². The van der Waals surface area contributed by atoms with E-state index < -0.39 is 24.6 Å². The SMILES string of the molecule is CCN(c1ccc(NC(=O)COC(=O)C2COc3ccccc3O2)cc1)C(C)C. The van der Waals surface area contributed by atoms with Gasteiger partial charge in [0.1, 0.15) is 6.61 Å². The molecule has 1 unspecified atom stereocenters. The first kappa shape index (κ1) is 20.5. The molecule has 3 rings (SSSR count). The van der Waals surface area contributed by atoms with Crippen LogP contribution in [0.5, 0.6) is 11.5 Å². The monoisotopic (exact) mass is 398 g/mol. The summed E-state index contributed by atoms with van der Waals surface area (Å²) in [6, 6.07) is 15.0. The molecule has 1 N–H and O–H groups in total. The lowest BCUT2D eigenvalue weighted by Crippen LogP contribution is -2.39. The van der Waals surface area contributed by atoms with Crippen LogP contribution in [0.3, 0.4) is 0 Å². The van der Waals surface area contributed by atoms with E-state index in [0.29, 0.717) is 23.2 Å². The average Bonchev–Trinajstić information content (AvgIpc) is 2.73. The van der Waals surface area contributed by atoms with Crippen molar-refractivity contribution in [3.05, 3.63) is 48.5 Å². The van der Waals surface area contributed by atoms with Gasteiger partial charge in [-0.25, -0.2) is 4.79 Å². The minimum Gasteiger partial charge on any atom is -0.485 e. The van der Waals surface area contributed by atoms with Crippen LogP contribution in [-0.4, -0.2) is 43.8 Å². The third-order valence-corrected chi connectivity index (χ3v) is 4.56. The Morgan fingerprint density at radius 1 is 1.14 bits per heavy atom. The van der Waals surface area contributed by atoms with E-state index in [1.807, 2.05) is 30.3 Å². The number of carbonyl (C=O) groups is 2. The van der Waals surface area contributed by atoms with E-state index in [0.717, 1.165) is 12.2 Å². The van der Waals surface area contributed by atoms with Crippen molar-refractivity contribution in [2.75, 3.05) is 30.0 Å². The molecular formula is C22H26N2O5. The maximum absolute atomic E-state index is 12.2. The fourth-order valence-corrected chi connectivity index (χ4v) is 3.14. The number of benzene rings is 2. The lowest BCUT2D eigenvalue weighted by atomic mass is 10.2. The molecule has 1 aliphatic rings. The topological polar surface area (TPSA) is 77.1 Å². The Morgan fingerprint density at radius 2 is 1.83 bits per heavy atom. The highest BCUT2D eigenvalue weighted by Gasteiger charge is 2.29. The number of ether oxygens (including phenoxy) is 3. The molecule has 0 aliphatic carbocycles. The minimum atomic E-state index is -0.895. The maximum Gasteiger partial charge on any atom is 0.351 e. The van der Waals surface area contributed by atoms with E-state index in [-0.39, 0.29) is 6.61 Å². The molecule has 0 bridgehead atoms. The van der Waals surface area contributed by atoms with Crippen molar-refractivity contribution >= 4 is 23.3 Å². The standard InChI is InChI=1S/C22H26N2O5/c1-4-24(15(2)3)17-11-9-16(10-12-17)23-21(25)14-28-22(26)20-13-27-18-7-5-6-8-19(18)29-20/h5-12,15,20H,4,13-14H2,1-3H3,(H,23,25). The summed E-state index contributed by atoms with van der Waals surface area (Å²) in [7, 11) is 0. The molecule has 0 aromatic heterocycles. The van der Waals surface area contributed by atoms with Gasteiger partial charge < -0.3 is 24.4 Å². The van der Waals surface area contributed by atoms with Gasteiger partial charge in [-0.05, 0) is 57.2 Å². The molecule has 1 heterocycles. The minimum absolute atomic E-state index is 0.0444. The second-order valence-electron chi connectivity index (χ2n) is 6.95. The molecule has 0 radical (unpaired) electrons. The predicted octanol–water partition coefficient (Wildman–Crippen LogP) is 3.24. The molecule has 0 saturated carbocycles. The highest BCUT2D eigenvalue weighted by atomic mass is 16.6. The average molecular weight is 398 g/mol. The molecule has 1 amide bonds. The first-order valence-corrected chi connectivity index (χ1v) is 9.69. The number of nitrogens with zero attached hydrogens (tertiary/aromatic N) is 1. The van der Waals surface area contributed by atoms with Gasteiger partial charge in [0, 0.05) is 24.0 Å². The number of nitrogens with one attached hydrogen (secondary N) is 1. The van der Waals surface area contributed by atoms with E-state index in [9.17, 15) is 9.59 Å². The summed E-state index contributed by atoms with van der Waals surface area (Å²) in [5, 5.41) is 2.72. The summed E-state index contributed by atoms with van der Waals surface area (Å²) in [6.45, 7) is 6.92. The summed E-state index contributed by atoms with van der Waals surface area (Å²) in [6.07, 6.45) is -0.895. The summed E-state index contributed by atoms with van der Waals surface area (Å²) in [5.74, 6) is 0.00423. The van der Waals surface area contributed by atoms with Gasteiger partial charge in [0.05, 0.1) is 0 Å². The van der Waals surface area contributed by atoms with Crippen molar-refractivity contribution in [1.29, 1.82) is 0 Å². The van der Waals surface area contributed by atoms with Gasteiger partial charge in [0.2, 0.25) is 6.10 Å². The normalized spacial score (nSPS) is 15.0. The van der Waals surface area contributed by atoms with Crippen LogP contribution >= 0.6 is 0 Å². The third kappa shape index (κ3) is 5.19. The van der Waals surface area contributed by atoms with Gasteiger partial charge in [0.15, 0.2) is 18.1 Å². The van der Waals surface area contributed by atoms with Crippen molar-refractivity contribution in [2.45, 2.75) is 32.9 Å². The first-order valence-electron chi connectivity index (χ1n) is 9.69.